The van der Waals surface area contributed by atoms with Gasteiger partial charge in [-0.05, 0) is 43.3 Å². The fourth-order valence-electron chi connectivity index (χ4n) is 3.71. The van der Waals surface area contributed by atoms with E-state index in [1.807, 2.05) is 19.2 Å². The van der Waals surface area contributed by atoms with Crippen LogP contribution in [-0.2, 0) is 17.5 Å². The van der Waals surface area contributed by atoms with Crippen LogP contribution >= 0.6 is 11.3 Å². The quantitative estimate of drug-likeness (QED) is 0.574. The van der Waals surface area contributed by atoms with E-state index < -0.39 is 11.9 Å². The van der Waals surface area contributed by atoms with E-state index in [-0.39, 0.29) is 29.8 Å². The number of thiophene rings is 1. The molecule has 0 bridgehead atoms. The zero-order valence-corrected chi connectivity index (χ0v) is 17.8. The molecule has 164 valence electrons. The fourth-order valence-corrected chi connectivity index (χ4v) is 4.40. The second kappa shape index (κ2) is 8.78. The number of carbonyl (C=O) groups is 1. The lowest BCUT2D eigenvalue weighted by atomic mass is 9.96. The standard InChI is InChI=1S/C21H22F3N5OS/c1-14-6-9-29(27-14)10-7-19(30)28-8-2-4-15(13-28)20-25-16(17-5-3-11-31-17)12-18(26-20)21(22,23)24/h3,5-6,9,11-12,15H,2,4,7-8,10,13H2,1H3/t15-/m0/s1. The molecule has 0 N–H and O–H groups in total. The lowest BCUT2D eigenvalue weighted by molar-refractivity contribution is -0.141. The molecule has 1 saturated heterocycles. The highest BCUT2D eigenvalue weighted by Crippen LogP contribution is 2.34. The molecule has 6 nitrogen and oxygen atoms in total. The van der Waals surface area contributed by atoms with Crippen LogP contribution in [0.15, 0.2) is 35.8 Å². The van der Waals surface area contributed by atoms with E-state index in [0.717, 1.165) is 11.8 Å². The first-order valence-corrected chi connectivity index (χ1v) is 11.0. The Hall–Kier alpha value is -2.75. The average molecular weight is 450 g/mol. The van der Waals surface area contributed by atoms with E-state index in [1.54, 1.807) is 27.1 Å². The molecule has 4 heterocycles. The molecule has 0 spiro atoms. The van der Waals surface area contributed by atoms with Crippen LogP contribution in [0.25, 0.3) is 10.6 Å². The van der Waals surface area contributed by atoms with Crippen molar-refractivity contribution in [3.8, 4) is 10.6 Å². The number of piperidine rings is 1. The highest BCUT2D eigenvalue weighted by atomic mass is 32.1. The summed E-state index contributed by atoms with van der Waals surface area (Å²) in [4.78, 5) is 23.4. The minimum absolute atomic E-state index is 0.0386. The van der Waals surface area contributed by atoms with Crippen LogP contribution in [-0.4, -0.2) is 43.6 Å². The smallest absolute Gasteiger partial charge is 0.342 e. The van der Waals surface area contributed by atoms with Gasteiger partial charge in [-0.2, -0.15) is 18.3 Å². The Labute approximate surface area is 181 Å². The van der Waals surface area contributed by atoms with Gasteiger partial charge in [0.1, 0.15) is 11.5 Å². The summed E-state index contributed by atoms with van der Waals surface area (Å²) in [6.07, 6.45) is -1.10. The maximum absolute atomic E-state index is 13.5. The second-order valence-electron chi connectivity index (χ2n) is 7.62. The van der Waals surface area contributed by atoms with Gasteiger partial charge in [-0.15, -0.1) is 11.3 Å². The summed E-state index contributed by atoms with van der Waals surface area (Å²) in [5.74, 6) is -0.215. The molecule has 31 heavy (non-hydrogen) atoms. The van der Waals surface area contributed by atoms with E-state index in [9.17, 15) is 18.0 Å². The minimum Gasteiger partial charge on any atom is -0.342 e. The van der Waals surface area contributed by atoms with Gasteiger partial charge < -0.3 is 4.90 Å². The Kier molecular flexibility index (Phi) is 6.08. The number of aryl methyl sites for hydroxylation is 2. The van der Waals surface area contributed by atoms with Crippen LogP contribution in [0, 0.1) is 6.92 Å². The molecule has 0 aromatic carbocycles. The lowest BCUT2D eigenvalue weighted by Crippen LogP contribution is -2.40. The predicted octanol–water partition coefficient (Wildman–Crippen LogP) is 4.53. The van der Waals surface area contributed by atoms with E-state index in [0.29, 0.717) is 37.4 Å². The number of hydrogen-bond donors (Lipinski definition) is 0. The number of nitrogens with zero attached hydrogens (tertiary/aromatic N) is 5. The van der Waals surface area contributed by atoms with Crippen molar-refractivity contribution in [3.05, 3.63) is 53.1 Å². The van der Waals surface area contributed by atoms with Crippen molar-refractivity contribution in [3.63, 3.8) is 0 Å². The molecular weight excluding hydrogens is 427 g/mol. The number of amides is 1. The van der Waals surface area contributed by atoms with Crippen LogP contribution in [0.2, 0.25) is 0 Å². The number of rotatable bonds is 5. The molecule has 0 radical (unpaired) electrons. The van der Waals surface area contributed by atoms with Gasteiger partial charge >= 0.3 is 6.18 Å². The summed E-state index contributed by atoms with van der Waals surface area (Å²) in [5.41, 5.74) is 0.206. The zero-order chi connectivity index (χ0) is 22.0. The van der Waals surface area contributed by atoms with Gasteiger partial charge in [0.2, 0.25) is 5.91 Å². The third-order valence-electron chi connectivity index (χ3n) is 5.28. The number of aromatic nitrogens is 4. The van der Waals surface area contributed by atoms with Crippen molar-refractivity contribution in [1.82, 2.24) is 24.6 Å². The molecule has 1 aliphatic heterocycles. The number of carbonyl (C=O) groups excluding carboxylic acids is 1. The third-order valence-corrected chi connectivity index (χ3v) is 6.17. The Bertz CT molecular complexity index is 1050. The van der Waals surface area contributed by atoms with Crippen molar-refractivity contribution in [2.45, 2.75) is 44.8 Å². The maximum atomic E-state index is 13.5. The average Bonchev–Trinajstić information content (AvgIpc) is 3.43. The van der Waals surface area contributed by atoms with Crippen LogP contribution in [0.5, 0.6) is 0 Å². The topological polar surface area (TPSA) is 63.9 Å². The third kappa shape index (κ3) is 5.12. The van der Waals surface area contributed by atoms with E-state index in [2.05, 4.69) is 15.1 Å². The van der Waals surface area contributed by atoms with Crippen molar-refractivity contribution < 1.29 is 18.0 Å². The van der Waals surface area contributed by atoms with E-state index >= 15 is 0 Å². The van der Waals surface area contributed by atoms with Crippen molar-refractivity contribution in [1.29, 1.82) is 0 Å². The molecule has 1 fully saturated rings. The molecule has 1 amide bonds. The van der Waals surface area contributed by atoms with E-state index in [1.165, 1.54) is 11.3 Å². The van der Waals surface area contributed by atoms with Crippen molar-refractivity contribution in [2.24, 2.45) is 0 Å². The maximum Gasteiger partial charge on any atom is 0.433 e. The summed E-state index contributed by atoms with van der Waals surface area (Å²) < 4.78 is 42.1. The van der Waals surface area contributed by atoms with Crippen LogP contribution in [0.3, 0.4) is 0 Å². The molecule has 3 aromatic rings. The Morgan fingerprint density at radius 1 is 1.29 bits per heavy atom. The number of likely N-dealkylation sites (tertiary alicyclic amines) is 1. The minimum atomic E-state index is -4.56. The van der Waals surface area contributed by atoms with Crippen LogP contribution < -0.4 is 0 Å². The summed E-state index contributed by atoms with van der Waals surface area (Å²) >= 11 is 1.33. The number of alkyl halides is 3. The second-order valence-corrected chi connectivity index (χ2v) is 8.57. The summed E-state index contributed by atoms with van der Waals surface area (Å²) in [5, 5.41) is 6.08. The van der Waals surface area contributed by atoms with Crippen LogP contribution in [0.4, 0.5) is 13.2 Å². The molecule has 1 atom stereocenters. The molecule has 4 rings (SSSR count). The van der Waals surface area contributed by atoms with Crippen molar-refractivity contribution in [2.75, 3.05) is 13.1 Å². The highest BCUT2D eigenvalue weighted by Gasteiger charge is 2.35. The van der Waals surface area contributed by atoms with Gasteiger partial charge in [0.05, 0.1) is 16.3 Å². The molecule has 0 aliphatic carbocycles. The molecular formula is C21H22F3N5OS. The first-order chi connectivity index (χ1) is 14.8. The normalized spacial score (nSPS) is 17.2. The molecule has 3 aromatic heterocycles. The molecule has 1 aliphatic rings. The first-order valence-electron chi connectivity index (χ1n) is 10.1. The van der Waals surface area contributed by atoms with Crippen molar-refractivity contribution >= 4 is 17.2 Å². The SMILES string of the molecule is Cc1ccn(CCC(=O)N2CCC[C@H](c3nc(-c4cccs4)cc(C(F)(F)F)n3)C2)n1. The van der Waals surface area contributed by atoms with E-state index in [4.69, 9.17) is 0 Å². The monoisotopic (exact) mass is 449 g/mol. The summed E-state index contributed by atoms with van der Waals surface area (Å²) in [6, 6.07) is 6.38. The number of halogens is 3. The Balaban J connectivity index is 1.52. The predicted molar refractivity (Wildman–Crippen MR) is 110 cm³/mol. The van der Waals surface area contributed by atoms with Gasteiger partial charge in [-0.25, -0.2) is 9.97 Å². The number of hydrogen-bond acceptors (Lipinski definition) is 5. The Morgan fingerprint density at radius 2 is 2.13 bits per heavy atom. The van der Waals surface area contributed by atoms with Crippen LogP contribution in [0.1, 0.15) is 42.4 Å². The van der Waals surface area contributed by atoms with Gasteiger partial charge in [0.15, 0.2) is 0 Å². The van der Waals surface area contributed by atoms with Gasteiger partial charge in [0.25, 0.3) is 0 Å². The molecule has 0 saturated carbocycles. The van der Waals surface area contributed by atoms with Gasteiger partial charge in [0, 0.05) is 38.2 Å². The fraction of sp³-hybridized carbons (Fsp3) is 0.429. The zero-order valence-electron chi connectivity index (χ0n) is 17.0. The van der Waals surface area contributed by atoms with Gasteiger partial charge in [-0.1, -0.05) is 6.07 Å². The Morgan fingerprint density at radius 3 is 2.81 bits per heavy atom. The first kappa shape index (κ1) is 21.5. The summed E-state index contributed by atoms with van der Waals surface area (Å²) in [6.45, 7) is 3.26. The largest absolute Gasteiger partial charge is 0.433 e. The highest BCUT2D eigenvalue weighted by molar-refractivity contribution is 7.13. The summed E-state index contributed by atoms with van der Waals surface area (Å²) in [7, 11) is 0. The molecule has 10 heteroatoms. The lowest BCUT2D eigenvalue weighted by Gasteiger charge is -2.32. The molecule has 0 unspecified atom stereocenters. The van der Waals surface area contributed by atoms with Gasteiger partial charge in [-0.3, -0.25) is 9.48 Å².